The summed E-state index contributed by atoms with van der Waals surface area (Å²) in [6.07, 6.45) is 11.6. The van der Waals surface area contributed by atoms with Crippen molar-refractivity contribution in [3.63, 3.8) is 0 Å². The van der Waals surface area contributed by atoms with Gasteiger partial charge in [-0.3, -0.25) is 5.41 Å². The second-order valence-corrected chi connectivity index (χ2v) is 7.15. The first-order chi connectivity index (χ1) is 10.7. The number of fused-ring (bicyclic) bond motifs is 1. The molecule has 4 nitrogen and oxygen atoms in total. The fourth-order valence-electron chi connectivity index (χ4n) is 4.37. The summed E-state index contributed by atoms with van der Waals surface area (Å²) in [6, 6.07) is 0. The molecule has 2 N–H and O–H groups in total. The second kappa shape index (κ2) is 7.03. The van der Waals surface area contributed by atoms with Crippen molar-refractivity contribution in [2.45, 2.75) is 90.3 Å². The maximum Gasteiger partial charge on any atom is 0.202 e. The van der Waals surface area contributed by atoms with E-state index in [4.69, 9.17) is 5.41 Å². The summed E-state index contributed by atoms with van der Waals surface area (Å²) in [5, 5.41) is 19.2. The smallest absolute Gasteiger partial charge is 0.202 e. The SMILES string of the molecule is CCCn1c2c(n(CC(O)C3CCCCC3)c1=N)CCCC2. The fourth-order valence-corrected chi connectivity index (χ4v) is 4.37. The molecule has 1 aromatic heterocycles. The number of nitrogens with zero attached hydrogens (tertiary/aromatic N) is 2. The quantitative estimate of drug-likeness (QED) is 0.863. The first-order valence-corrected chi connectivity index (χ1v) is 9.26. The third-order valence-corrected chi connectivity index (χ3v) is 5.58. The van der Waals surface area contributed by atoms with Crippen LogP contribution in [0.1, 0.15) is 69.7 Å². The molecule has 124 valence electrons. The zero-order valence-corrected chi connectivity index (χ0v) is 14.0. The molecule has 22 heavy (non-hydrogen) atoms. The lowest BCUT2D eigenvalue weighted by atomic mass is 9.85. The molecular formula is C18H31N3O. The molecule has 1 atom stereocenters. The van der Waals surface area contributed by atoms with Gasteiger partial charge in [0.1, 0.15) is 0 Å². The summed E-state index contributed by atoms with van der Waals surface area (Å²) < 4.78 is 4.32. The van der Waals surface area contributed by atoms with E-state index in [1.54, 1.807) is 0 Å². The third kappa shape index (κ3) is 3.03. The Kier molecular flexibility index (Phi) is 5.07. The standard InChI is InChI=1S/C18H31N3O/c1-2-12-20-15-10-6-7-11-16(15)21(18(20)19)13-17(22)14-8-4-3-5-9-14/h14,17,19,22H,2-13H2,1H3. The molecular weight excluding hydrogens is 274 g/mol. The third-order valence-electron chi connectivity index (χ3n) is 5.58. The lowest BCUT2D eigenvalue weighted by Gasteiger charge is -2.27. The maximum absolute atomic E-state index is 10.7. The van der Waals surface area contributed by atoms with Gasteiger partial charge in [-0.15, -0.1) is 0 Å². The van der Waals surface area contributed by atoms with E-state index in [1.165, 1.54) is 43.5 Å². The van der Waals surface area contributed by atoms with Gasteiger partial charge in [0.15, 0.2) is 0 Å². The van der Waals surface area contributed by atoms with E-state index in [-0.39, 0.29) is 6.10 Å². The van der Waals surface area contributed by atoms with Crippen molar-refractivity contribution in [1.29, 1.82) is 5.41 Å². The Morgan fingerprint density at radius 3 is 2.32 bits per heavy atom. The summed E-state index contributed by atoms with van der Waals surface area (Å²) in [4.78, 5) is 0. The average molecular weight is 305 g/mol. The van der Waals surface area contributed by atoms with E-state index in [0.29, 0.717) is 18.1 Å². The van der Waals surface area contributed by atoms with E-state index >= 15 is 0 Å². The van der Waals surface area contributed by atoms with Crippen molar-refractivity contribution in [2.24, 2.45) is 5.92 Å². The van der Waals surface area contributed by atoms with Gasteiger partial charge in [-0.05, 0) is 50.9 Å². The molecule has 1 fully saturated rings. The summed E-state index contributed by atoms with van der Waals surface area (Å²) >= 11 is 0. The number of aliphatic hydroxyl groups is 1. The Labute approximate surface area is 133 Å². The van der Waals surface area contributed by atoms with Crippen molar-refractivity contribution in [2.75, 3.05) is 0 Å². The van der Waals surface area contributed by atoms with E-state index < -0.39 is 0 Å². The first kappa shape index (κ1) is 15.9. The van der Waals surface area contributed by atoms with Gasteiger partial charge in [0.05, 0.1) is 12.6 Å². The molecule has 2 aliphatic carbocycles. The number of aromatic nitrogens is 2. The van der Waals surface area contributed by atoms with Gasteiger partial charge in [-0.25, -0.2) is 0 Å². The van der Waals surface area contributed by atoms with Crippen LogP contribution in [0.4, 0.5) is 0 Å². The highest BCUT2D eigenvalue weighted by Crippen LogP contribution is 2.28. The van der Waals surface area contributed by atoms with Crippen LogP contribution in [0.2, 0.25) is 0 Å². The molecule has 0 amide bonds. The van der Waals surface area contributed by atoms with Gasteiger partial charge in [0.25, 0.3) is 0 Å². The van der Waals surface area contributed by atoms with Gasteiger partial charge in [0.2, 0.25) is 5.62 Å². The molecule has 0 radical (unpaired) electrons. The predicted octanol–water partition coefficient (Wildman–Crippen LogP) is 3.00. The number of hydrogen-bond donors (Lipinski definition) is 2. The van der Waals surface area contributed by atoms with Crippen molar-refractivity contribution >= 4 is 0 Å². The molecule has 0 aromatic carbocycles. The van der Waals surface area contributed by atoms with Crippen molar-refractivity contribution < 1.29 is 5.11 Å². The molecule has 1 saturated carbocycles. The van der Waals surface area contributed by atoms with E-state index in [2.05, 4.69) is 16.1 Å². The summed E-state index contributed by atoms with van der Waals surface area (Å²) in [7, 11) is 0. The summed E-state index contributed by atoms with van der Waals surface area (Å²) in [6.45, 7) is 3.74. The minimum absolute atomic E-state index is 0.280. The van der Waals surface area contributed by atoms with E-state index in [9.17, 15) is 5.11 Å². The molecule has 0 spiro atoms. The van der Waals surface area contributed by atoms with Crippen LogP contribution in [0.15, 0.2) is 0 Å². The first-order valence-electron chi connectivity index (χ1n) is 9.26. The Morgan fingerprint density at radius 1 is 1.05 bits per heavy atom. The molecule has 1 aromatic rings. The fraction of sp³-hybridized carbons (Fsp3) is 0.833. The molecule has 1 heterocycles. The topological polar surface area (TPSA) is 53.9 Å². The normalized spacial score (nSPS) is 20.8. The molecule has 0 saturated heterocycles. The van der Waals surface area contributed by atoms with Crippen LogP contribution in [-0.2, 0) is 25.9 Å². The van der Waals surface area contributed by atoms with Gasteiger partial charge >= 0.3 is 0 Å². The van der Waals surface area contributed by atoms with Crippen molar-refractivity contribution in [1.82, 2.24) is 9.13 Å². The van der Waals surface area contributed by atoms with Gasteiger partial charge in [-0.1, -0.05) is 26.2 Å². The second-order valence-electron chi connectivity index (χ2n) is 7.15. The highest BCUT2D eigenvalue weighted by Gasteiger charge is 2.26. The largest absolute Gasteiger partial charge is 0.391 e. The van der Waals surface area contributed by atoms with Crippen LogP contribution in [0.5, 0.6) is 0 Å². The molecule has 2 aliphatic rings. The molecule has 0 bridgehead atoms. The van der Waals surface area contributed by atoms with Crippen LogP contribution in [0, 0.1) is 11.3 Å². The lowest BCUT2D eigenvalue weighted by Crippen LogP contribution is -2.34. The average Bonchev–Trinajstić information content (AvgIpc) is 2.82. The Morgan fingerprint density at radius 2 is 1.68 bits per heavy atom. The van der Waals surface area contributed by atoms with Crippen molar-refractivity contribution in [3.05, 3.63) is 17.0 Å². The minimum Gasteiger partial charge on any atom is -0.391 e. The van der Waals surface area contributed by atoms with Gasteiger partial charge < -0.3 is 14.2 Å². The van der Waals surface area contributed by atoms with Crippen LogP contribution in [-0.4, -0.2) is 20.3 Å². The van der Waals surface area contributed by atoms with Crippen LogP contribution in [0.3, 0.4) is 0 Å². The number of hydrogen-bond acceptors (Lipinski definition) is 2. The minimum atomic E-state index is -0.280. The molecule has 3 rings (SSSR count). The molecule has 4 heteroatoms. The Balaban J connectivity index is 1.84. The summed E-state index contributed by atoms with van der Waals surface area (Å²) in [5.74, 6) is 0.439. The van der Waals surface area contributed by atoms with Crippen LogP contribution in [0.25, 0.3) is 0 Å². The number of imidazole rings is 1. The number of aliphatic hydroxyl groups excluding tert-OH is 1. The van der Waals surface area contributed by atoms with Crippen LogP contribution >= 0.6 is 0 Å². The monoisotopic (exact) mass is 305 g/mol. The highest BCUT2D eigenvalue weighted by molar-refractivity contribution is 5.18. The van der Waals surface area contributed by atoms with E-state index in [1.807, 2.05) is 0 Å². The Hall–Kier alpha value is -1.03. The predicted molar refractivity (Wildman–Crippen MR) is 87.8 cm³/mol. The van der Waals surface area contributed by atoms with Gasteiger partial charge in [0, 0.05) is 17.9 Å². The zero-order valence-electron chi connectivity index (χ0n) is 14.0. The zero-order chi connectivity index (χ0) is 15.5. The molecule has 1 unspecified atom stereocenters. The van der Waals surface area contributed by atoms with Gasteiger partial charge in [-0.2, -0.15) is 0 Å². The van der Waals surface area contributed by atoms with Crippen LogP contribution < -0.4 is 5.62 Å². The van der Waals surface area contributed by atoms with Crippen molar-refractivity contribution in [3.8, 4) is 0 Å². The number of rotatable bonds is 5. The maximum atomic E-state index is 10.7. The molecule has 0 aliphatic heterocycles. The lowest BCUT2D eigenvalue weighted by molar-refractivity contribution is 0.0675. The summed E-state index contributed by atoms with van der Waals surface area (Å²) in [5.41, 5.74) is 3.32. The highest BCUT2D eigenvalue weighted by atomic mass is 16.3. The Bertz CT molecular complexity index is 551. The van der Waals surface area contributed by atoms with E-state index in [0.717, 1.165) is 38.6 Å². The number of nitrogens with one attached hydrogen (secondary N) is 1.